The fraction of sp³-hybridized carbons (Fsp3) is 0.0625. The smallest absolute Gasteiger partial charge is 0.496 e. The van der Waals surface area contributed by atoms with E-state index in [0.717, 1.165) is 8.96 Å². The number of allylic oxidation sites excluding steroid dienone is 2. The maximum absolute atomic E-state index is 14.7. The van der Waals surface area contributed by atoms with Crippen LogP contribution in [0.2, 0.25) is 5.02 Å². The van der Waals surface area contributed by atoms with Crippen LogP contribution in [0.1, 0.15) is 11.3 Å². The lowest BCUT2D eigenvalue weighted by Gasteiger charge is -2.31. The van der Waals surface area contributed by atoms with Crippen LogP contribution in [-0.4, -0.2) is 29.3 Å². The van der Waals surface area contributed by atoms with Crippen molar-refractivity contribution in [2.45, 2.75) is 0 Å². The molecule has 0 amide bonds. The van der Waals surface area contributed by atoms with Crippen molar-refractivity contribution in [2.24, 2.45) is 0 Å². The van der Waals surface area contributed by atoms with Crippen molar-refractivity contribution >= 4 is 30.4 Å². The number of methoxy groups -OCH3 is 1. The van der Waals surface area contributed by atoms with Crippen molar-refractivity contribution in [3.05, 3.63) is 70.7 Å². The Balaban J connectivity index is 2.08. The van der Waals surface area contributed by atoms with Gasteiger partial charge in [0.1, 0.15) is 12.0 Å². The van der Waals surface area contributed by atoms with Gasteiger partial charge in [-0.15, -0.1) is 0 Å². The van der Waals surface area contributed by atoms with Crippen LogP contribution in [0.15, 0.2) is 54.4 Å². The van der Waals surface area contributed by atoms with E-state index in [4.69, 9.17) is 16.3 Å². The summed E-state index contributed by atoms with van der Waals surface area (Å²) in [5, 5.41) is 0.521. The Morgan fingerprint density at radius 3 is 2.87 bits per heavy atom. The number of fused-ring (bicyclic) bond motifs is 2. The van der Waals surface area contributed by atoms with E-state index < -0.39 is 6.97 Å². The predicted octanol–water partition coefficient (Wildman–Crippen LogP) is 3.80. The van der Waals surface area contributed by atoms with Crippen LogP contribution in [0.3, 0.4) is 0 Å². The molecular formula is C16H12BClF2N2O. The minimum Gasteiger partial charge on any atom is -0.496 e. The molecule has 0 unspecified atom stereocenters. The van der Waals surface area contributed by atoms with Crippen molar-refractivity contribution in [3.63, 3.8) is 0 Å². The maximum atomic E-state index is 14.7. The van der Waals surface area contributed by atoms with Crippen molar-refractivity contribution in [1.29, 1.82) is 0 Å². The topological polar surface area (TPSA) is 17.2 Å². The fourth-order valence-electron chi connectivity index (χ4n) is 3.17. The second-order valence-corrected chi connectivity index (χ2v) is 5.85. The second kappa shape index (κ2) is 4.83. The second-order valence-electron chi connectivity index (χ2n) is 5.41. The third-order valence-corrected chi connectivity index (χ3v) is 4.41. The van der Waals surface area contributed by atoms with Gasteiger partial charge in [-0.05, 0) is 36.5 Å². The summed E-state index contributed by atoms with van der Waals surface area (Å²) in [6.07, 6.45) is 6.10. The van der Waals surface area contributed by atoms with E-state index in [2.05, 4.69) is 0 Å². The summed E-state index contributed by atoms with van der Waals surface area (Å²) in [5.74, 6) is 0.586. The Morgan fingerprint density at radius 2 is 2.09 bits per heavy atom. The molecule has 23 heavy (non-hydrogen) atoms. The first-order valence-electron chi connectivity index (χ1n) is 7.12. The molecule has 3 heterocycles. The molecule has 7 heteroatoms. The molecule has 0 aliphatic carbocycles. The summed E-state index contributed by atoms with van der Waals surface area (Å²) in [6.45, 7) is -3.90. The Morgan fingerprint density at radius 1 is 1.26 bits per heavy atom. The number of aromatic nitrogens is 1. The lowest BCUT2D eigenvalue weighted by Crippen LogP contribution is -2.49. The van der Waals surface area contributed by atoms with Gasteiger partial charge < -0.3 is 22.3 Å². The summed E-state index contributed by atoms with van der Waals surface area (Å²) in [7, 11) is 1.55. The first kappa shape index (κ1) is 14.3. The van der Waals surface area contributed by atoms with Gasteiger partial charge in [0.15, 0.2) is 5.70 Å². The standard InChI is InChI=1S/C16H12BClF2N2O/c1-23-15-7-6-11(18)10-12(15)16-13-4-2-8-21(13)17(19,20)22-9-3-5-14(16)22/h2-10H,1H3. The molecule has 0 saturated carbocycles. The van der Waals surface area contributed by atoms with E-state index >= 15 is 0 Å². The summed E-state index contributed by atoms with van der Waals surface area (Å²) in [6, 6.07) is 8.49. The van der Waals surface area contributed by atoms with Crippen LogP contribution in [-0.2, 0) is 0 Å². The average molecular weight is 333 g/mol. The molecule has 1 aromatic heterocycles. The van der Waals surface area contributed by atoms with Crippen LogP contribution in [0.4, 0.5) is 8.63 Å². The van der Waals surface area contributed by atoms with Crippen molar-refractivity contribution in [1.82, 2.24) is 4.48 Å². The number of hydrogen-bond acceptors (Lipinski definition) is 1. The minimum atomic E-state index is -3.90. The molecule has 2 aliphatic heterocycles. The summed E-state index contributed by atoms with van der Waals surface area (Å²) in [4.78, 5) is 0. The van der Waals surface area contributed by atoms with Crippen LogP contribution >= 0.6 is 11.6 Å². The average Bonchev–Trinajstić information content (AvgIpc) is 3.17. The zero-order valence-corrected chi connectivity index (χ0v) is 13.0. The predicted molar refractivity (Wildman–Crippen MR) is 87.3 cm³/mol. The van der Waals surface area contributed by atoms with Crippen molar-refractivity contribution in [3.8, 4) is 5.75 Å². The van der Waals surface area contributed by atoms with Crippen LogP contribution in [0.25, 0.3) is 5.57 Å². The molecule has 1 aromatic carbocycles. The molecule has 0 bridgehead atoms. The lowest BCUT2D eigenvalue weighted by atomic mass is 9.86. The first-order valence-corrected chi connectivity index (χ1v) is 7.49. The highest BCUT2D eigenvalue weighted by molar-refractivity contribution is 6.57. The fourth-order valence-corrected chi connectivity index (χ4v) is 3.34. The molecule has 0 fully saturated rings. The molecule has 2 aliphatic rings. The number of nitrogens with zero attached hydrogens (tertiary/aromatic N) is 2. The van der Waals surface area contributed by atoms with Gasteiger partial charge in [0.2, 0.25) is 0 Å². The number of ether oxygens (including phenoxy) is 1. The Kier molecular flexibility index (Phi) is 3.00. The highest BCUT2D eigenvalue weighted by atomic mass is 35.5. The van der Waals surface area contributed by atoms with E-state index in [1.54, 1.807) is 49.6 Å². The molecule has 0 saturated heterocycles. The number of hydrogen-bond donors (Lipinski definition) is 0. The van der Waals surface area contributed by atoms with Crippen LogP contribution in [0, 0.1) is 0 Å². The van der Waals surface area contributed by atoms with Gasteiger partial charge in [0.25, 0.3) is 0 Å². The van der Waals surface area contributed by atoms with E-state index in [1.807, 2.05) is 0 Å². The van der Waals surface area contributed by atoms with Crippen molar-refractivity contribution < 1.29 is 17.9 Å². The molecule has 0 atom stereocenters. The van der Waals surface area contributed by atoms with Gasteiger partial charge in [0.05, 0.1) is 12.7 Å². The number of benzene rings is 1. The molecule has 4 rings (SSSR count). The molecule has 2 aromatic rings. The Bertz CT molecular complexity index is 915. The SMILES string of the molecule is COc1ccc(Cl)cc1C1=C2C=CC=[N+]2[B-](F)(F)n2cccc21. The van der Waals surface area contributed by atoms with Gasteiger partial charge in [-0.2, -0.15) is 0 Å². The van der Waals surface area contributed by atoms with E-state index in [9.17, 15) is 8.63 Å². The minimum absolute atomic E-state index is 0.446. The summed E-state index contributed by atoms with van der Waals surface area (Å²) < 4.78 is 36.9. The van der Waals surface area contributed by atoms with E-state index in [1.165, 1.54) is 12.4 Å². The largest absolute Gasteiger partial charge is 0.737 e. The van der Waals surface area contributed by atoms with Gasteiger partial charge in [-0.25, -0.2) is 0 Å². The van der Waals surface area contributed by atoms with Crippen LogP contribution in [0.5, 0.6) is 5.75 Å². The molecule has 3 nitrogen and oxygen atoms in total. The Labute approximate surface area is 136 Å². The molecule has 0 spiro atoms. The van der Waals surface area contributed by atoms with Crippen LogP contribution < -0.4 is 4.74 Å². The lowest BCUT2D eigenvalue weighted by molar-refractivity contribution is -0.356. The normalized spacial score (nSPS) is 17.8. The monoisotopic (exact) mass is 332 g/mol. The van der Waals surface area contributed by atoms with Gasteiger partial charge in [-0.1, -0.05) is 11.6 Å². The van der Waals surface area contributed by atoms with Crippen molar-refractivity contribution in [2.75, 3.05) is 7.11 Å². The summed E-state index contributed by atoms with van der Waals surface area (Å²) >= 11 is 6.12. The zero-order valence-electron chi connectivity index (χ0n) is 12.2. The molecular weight excluding hydrogens is 320 g/mol. The molecule has 116 valence electrons. The molecule has 0 N–H and O–H groups in total. The Hall–Kier alpha value is -2.34. The number of halogens is 3. The quantitative estimate of drug-likeness (QED) is 0.765. The van der Waals surface area contributed by atoms with E-state index in [-0.39, 0.29) is 0 Å². The third kappa shape index (κ3) is 1.91. The first-order chi connectivity index (χ1) is 11.0. The molecule has 0 radical (unpaired) electrons. The highest BCUT2D eigenvalue weighted by Gasteiger charge is 2.51. The zero-order chi connectivity index (χ0) is 16.2. The summed E-state index contributed by atoms with van der Waals surface area (Å²) in [5.41, 5.74) is 2.25. The van der Waals surface area contributed by atoms with Gasteiger partial charge >= 0.3 is 6.97 Å². The maximum Gasteiger partial charge on any atom is 0.737 e. The van der Waals surface area contributed by atoms with Gasteiger partial charge in [-0.3, -0.25) is 0 Å². The highest BCUT2D eigenvalue weighted by Crippen LogP contribution is 2.41. The van der Waals surface area contributed by atoms with Gasteiger partial charge in [0, 0.05) is 28.4 Å². The number of rotatable bonds is 2. The third-order valence-electron chi connectivity index (χ3n) is 4.17. The van der Waals surface area contributed by atoms with E-state index in [0.29, 0.717) is 33.3 Å².